The van der Waals surface area contributed by atoms with Crippen molar-refractivity contribution in [2.24, 2.45) is 0 Å². The van der Waals surface area contributed by atoms with Gasteiger partial charge in [0.2, 0.25) is 0 Å². The average Bonchev–Trinajstić information content (AvgIpc) is 2.83. The van der Waals surface area contributed by atoms with E-state index in [2.05, 4.69) is 4.90 Å². The summed E-state index contributed by atoms with van der Waals surface area (Å²) in [6.45, 7) is 3.00. The predicted molar refractivity (Wildman–Crippen MR) is 74.5 cm³/mol. The topological polar surface area (TPSA) is 66.6 Å². The van der Waals surface area contributed by atoms with Gasteiger partial charge in [0.25, 0.3) is 5.69 Å². The highest BCUT2D eigenvalue weighted by atomic mass is 16.6. The number of rotatable bonds is 5. The second kappa shape index (κ2) is 6.02. The van der Waals surface area contributed by atoms with Crippen molar-refractivity contribution in [3.05, 3.63) is 33.9 Å². The molecule has 0 amide bonds. The molecule has 2 rings (SSSR count). The summed E-state index contributed by atoms with van der Waals surface area (Å²) in [5, 5.41) is 19.8. The highest BCUT2D eigenvalue weighted by molar-refractivity contribution is 5.56. The van der Waals surface area contributed by atoms with Crippen molar-refractivity contribution in [3.8, 4) is 0 Å². The van der Waals surface area contributed by atoms with Gasteiger partial charge in [-0.2, -0.15) is 0 Å². The lowest BCUT2D eigenvalue weighted by Crippen LogP contribution is -2.29. The van der Waals surface area contributed by atoms with Crippen LogP contribution in [0.4, 0.5) is 11.4 Å². The third-order valence-corrected chi connectivity index (χ3v) is 3.78. The Hall–Kier alpha value is -1.62. The monoisotopic (exact) mass is 264 g/mol. The van der Waals surface area contributed by atoms with Crippen LogP contribution in [-0.4, -0.2) is 29.2 Å². The van der Waals surface area contributed by atoms with E-state index in [1.54, 1.807) is 13.0 Å². The molecule has 5 heteroatoms. The van der Waals surface area contributed by atoms with Crippen LogP contribution < -0.4 is 4.90 Å². The van der Waals surface area contributed by atoms with Gasteiger partial charge < -0.3 is 10.0 Å². The molecule has 1 heterocycles. The second-order valence-corrected chi connectivity index (χ2v) is 5.08. The Labute approximate surface area is 113 Å². The summed E-state index contributed by atoms with van der Waals surface area (Å²) >= 11 is 0. The van der Waals surface area contributed by atoms with Gasteiger partial charge in [0.1, 0.15) is 0 Å². The van der Waals surface area contributed by atoms with E-state index in [9.17, 15) is 10.1 Å². The summed E-state index contributed by atoms with van der Waals surface area (Å²) in [5.41, 5.74) is 1.94. The fourth-order valence-electron chi connectivity index (χ4n) is 2.83. The van der Waals surface area contributed by atoms with E-state index >= 15 is 0 Å². The lowest BCUT2D eigenvalue weighted by molar-refractivity contribution is -0.385. The number of hydrogen-bond donors (Lipinski definition) is 1. The van der Waals surface area contributed by atoms with Gasteiger partial charge in [-0.25, -0.2) is 0 Å². The third-order valence-electron chi connectivity index (χ3n) is 3.78. The van der Waals surface area contributed by atoms with Crippen LogP contribution in [0.5, 0.6) is 0 Å². The molecule has 1 atom stereocenters. The molecule has 0 bridgehead atoms. The molecular formula is C14H20N2O3. The molecule has 1 aromatic carbocycles. The Morgan fingerprint density at radius 3 is 2.95 bits per heavy atom. The van der Waals surface area contributed by atoms with Crippen molar-refractivity contribution in [1.82, 2.24) is 0 Å². The standard InChI is InChI=1S/C14H20N2O3/c1-11-10-13(6-7-14(11)16(18)19)15-8-2-4-12(15)5-3-9-17/h6-7,10,12,17H,2-5,8-9H2,1H3. The molecule has 19 heavy (non-hydrogen) atoms. The van der Waals surface area contributed by atoms with Crippen LogP contribution in [0.3, 0.4) is 0 Å². The zero-order valence-corrected chi connectivity index (χ0v) is 11.2. The molecule has 1 aliphatic heterocycles. The number of aliphatic hydroxyl groups is 1. The van der Waals surface area contributed by atoms with E-state index in [-0.39, 0.29) is 17.2 Å². The Morgan fingerprint density at radius 2 is 2.32 bits per heavy atom. The first-order valence-electron chi connectivity index (χ1n) is 6.76. The quantitative estimate of drug-likeness (QED) is 0.656. The number of nitro benzene ring substituents is 1. The Balaban J connectivity index is 2.16. The van der Waals surface area contributed by atoms with Crippen molar-refractivity contribution in [3.63, 3.8) is 0 Å². The maximum atomic E-state index is 10.8. The predicted octanol–water partition coefficient (Wildman–Crippen LogP) is 2.64. The number of nitro groups is 1. The fourth-order valence-corrected chi connectivity index (χ4v) is 2.83. The summed E-state index contributed by atoms with van der Waals surface area (Å²) < 4.78 is 0. The van der Waals surface area contributed by atoms with Crippen LogP contribution in [0.15, 0.2) is 18.2 Å². The molecule has 104 valence electrons. The zero-order chi connectivity index (χ0) is 13.8. The van der Waals surface area contributed by atoms with Gasteiger partial charge in [-0.15, -0.1) is 0 Å². The molecule has 1 aromatic rings. The summed E-state index contributed by atoms with van der Waals surface area (Å²) in [4.78, 5) is 12.8. The van der Waals surface area contributed by atoms with Crippen LogP contribution in [0, 0.1) is 17.0 Å². The normalized spacial score (nSPS) is 18.8. The van der Waals surface area contributed by atoms with Crippen molar-refractivity contribution in [1.29, 1.82) is 0 Å². The smallest absolute Gasteiger partial charge is 0.272 e. The summed E-state index contributed by atoms with van der Waals surface area (Å²) in [6.07, 6.45) is 4.07. The van der Waals surface area contributed by atoms with E-state index in [4.69, 9.17) is 5.11 Å². The molecule has 0 radical (unpaired) electrons. The molecule has 5 nitrogen and oxygen atoms in total. The molecule has 1 N–H and O–H groups in total. The number of anilines is 1. The first-order valence-corrected chi connectivity index (χ1v) is 6.76. The molecule has 1 fully saturated rings. The van der Waals surface area contributed by atoms with Crippen LogP contribution >= 0.6 is 0 Å². The summed E-state index contributed by atoms with van der Waals surface area (Å²) in [5.74, 6) is 0. The first kappa shape index (κ1) is 13.8. The van der Waals surface area contributed by atoms with Gasteiger partial charge in [0.15, 0.2) is 0 Å². The van der Waals surface area contributed by atoms with Crippen LogP contribution in [0.1, 0.15) is 31.2 Å². The van der Waals surface area contributed by atoms with Crippen molar-refractivity contribution < 1.29 is 10.0 Å². The minimum atomic E-state index is -0.341. The minimum Gasteiger partial charge on any atom is -0.396 e. The van der Waals surface area contributed by atoms with Crippen LogP contribution in [0.25, 0.3) is 0 Å². The molecule has 0 spiro atoms. The highest BCUT2D eigenvalue weighted by Gasteiger charge is 2.25. The number of benzene rings is 1. The van der Waals surface area contributed by atoms with Gasteiger partial charge >= 0.3 is 0 Å². The van der Waals surface area contributed by atoms with Crippen molar-refractivity contribution in [2.45, 2.75) is 38.6 Å². The van der Waals surface area contributed by atoms with Crippen LogP contribution in [0.2, 0.25) is 0 Å². The highest BCUT2D eigenvalue weighted by Crippen LogP contribution is 2.31. The first-order chi connectivity index (χ1) is 9.13. The third kappa shape index (κ3) is 3.04. The van der Waals surface area contributed by atoms with E-state index in [0.29, 0.717) is 11.6 Å². The molecule has 1 aliphatic rings. The Bertz CT molecular complexity index is 462. The lowest BCUT2D eigenvalue weighted by atomic mass is 10.1. The van der Waals surface area contributed by atoms with E-state index in [0.717, 1.165) is 37.9 Å². The molecular weight excluding hydrogens is 244 g/mol. The van der Waals surface area contributed by atoms with E-state index < -0.39 is 0 Å². The fraction of sp³-hybridized carbons (Fsp3) is 0.571. The number of aryl methyl sites for hydroxylation is 1. The van der Waals surface area contributed by atoms with E-state index in [1.165, 1.54) is 0 Å². The zero-order valence-electron chi connectivity index (χ0n) is 11.2. The van der Waals surface area contributed by atoms with Crippen LogP contribution in [-0.2, 0) is 0 Å². The number of aliphatic hydroxyl groups excluding tert-OH is 1. The van der Waals surface area contributed by atoms with Gasteiger partial charge in [-0.1, -0.05) is 0 Å². The molecule has 0 aliphatic carbocycles. The molecule has 1 saturated heterocycles. The minimum absolute atomic E-state index is 0.176. The van der Waals surface area contributed by atoms with Crippen molar-refractivity contribution in [2.75, 3.05) is 18.1 Å². The maximum Gasteiger partial charge on any atom is 0.272 e. The SMILES string of the molecule is Cc1cc(N2CCCC2CCCO)ccc1[N+](=O)[O-]. The average molecular weight is 264 g/mol. The maximum absolute atomic E-state index is 10.8. The van der Waals surface area contributed by atoms with Gasteiger partial charge in [-0.05, 0) is 44.7 Å². The molecule has 1 unspecified atom stereocenters. The summed E-state index contributed by atoms with van der Waals surface area (Å²) in [6, 6.07) is 5.78. The largest absolute Gasteiger partial charge is 0.396 e. The van der Waals surface area contributed by atoms with Crippen molar-refractivity contribution >= 4 is 11.4 Å². The second-order valence-electron chi connectivity index (χ2n) is 5.08. The van der Waals surface area contributed by atoms with Gasteiger partial charge in [0.05, 0.1) is 4.92 Å². The van der Waals surface area contributed by atoms with Gasteiger partial charge in [-0.3, -0.25) is 10.1 Å². The number of hydrogen-bond acceptors (Lipinski definition) is 4. The Kier molecular flexibility index (Phi) is 4.37. The summed E-state index contributed by atoms with van der Waals surface area (Å²) in [7, 11) is 0. The van der Waals surface area contributed by atoms with E-state index in [1.807, 2.05) is 12.1 Å². The number of nitrogens with zero attached hydrogens (tertiary/aromatic N) is 2. The Morgan fingerprint density at radius 1 is 1.53 bits per heavy atom. The molecule has 0 aromatic heterocycles. The molecule has 0 saturated carbocycles. The lowest BCUT2D eigenvalue weighted by Gasteiger charge is -2.27. The van der Waals surface area contributed by atoms with Gasteiger partial charge in [0, 0.05) is 36.5 Å².